The second-order valence-corrected chi connectivity index (χ2v) is 4.61. The van der Waals surface area contributed by atoms with Crippen LogP contribution >= 0.6 is 0 Å². The van der Waals surface area contributed by atoms with Crippen LogP contribution in [0.3, 0.4) is 0 Å². The van der Waals surface area contributed by atoms with Gasteiger partial charge in [-0.15, -0.1) is 0 Å². The predicted octanol–water partition coefficient (Wildman–Crippen LogP) is 3.11. The number of carbonyl (C=O) groups excluding carboxylic acids is 1. The van der Waals surface area contributed by atoms with Gasteiger partial charge in [0.25, 0.3) is 0 Å². The maximum absolute atomic E-state index is 11.3. The summed E-state index contributed by atoms with van der Waals surface area (Å²) in [6.45, 7) is 4.58. The fourth-order valence-electron chi connectivity index (χ4n) is 2.07. The van der Waals surface area contributed by atoms with Gasteiger partial charge in [-0.3, -0.25) is 9.78 Å². The number of carbonyl (C=O) groups is 1. The number of rotatable bonds is 5. The zero-order valence-electron chi connectivity index (χ0n) is 11.3. The minimum Gasteiger partial charge on any atom is -0.334 e. The fourth-order valence-corrected chi connectivity index (χ4v) is 2.07. The molecular weight excluding hydrogens is 236 g/mol. The zero-order valence-corrected chi connectivity index (χ0v) is 11.3. The maximum atomic E-state index is 11.3. The van der Waals surface area contributed by atoms with E-state index in [2.05, 4.69) is 4.98 Å². The molecule has 1 atom stereocenters. The van der Waals surface area contributed by atoms with E-state index in [0.29, 0.717) is 6.54 Å². The van der Waals surface area contributed by atoms with Crippen LogP contribution in [0.25, 0.3) is 0 Å². The molecule has 3 heteroatoms. The van der Waals surface area contributed by atoms with Crippen molar-refractivity contribution in [2.24, 2.45) is 0 Å². The largest absolute Gasteiger partial charge is 0.334 e. The van der Waals surface area contributed by atoms with Gasteiger partial charge in [-0.2, -0.15) is 0 Å². The zero-order chi connectivity index (χ0) is 13.7. The summed E-state index contributed by atoms with van der Waals surface area (Å²) in [6, 6.07) is 14.0. The Morgan fingerprint density at radius 2 is 1.95 bits per heavy atom. The van der Waals surface area contributed by atoms with E-state index in [1.807, 2.05) is 56.3 Å². The van der Waals surface area contributed by atoms with E-state index in [1.54, 1.807) is 11.1 Å². The number of aryl methyl sites for hydroxylation is 1. The van der Waals surface area contributed by atoms with Crippen molar-refractivity contribution in [3.63, 3.8) is 0 Å². The lowest BCUT2D eigenvalue weighted by Gasteiger charge is -2.26. The average Bonchev–Trinajstić information content (AvgIpc) is 2.47. The first-order valence-electron chi connectivity index (χ1n) is 6.39. The third kappa shape index (κ3) is 3.19. The fraction of sp³-hybridized carbons (Fsp3) is 0.250. The number of aromatic nitrogens is 1. The van der Waals surface area contributed by atoms with Gasteiger partial charge in [0.2, 0.25) is 6.41 Å². The van der Waals surface area contributed by atoms with E-state index in [0.717, 1.165) is 23.2 Å². The summed E-state index contributed by atoms with van der Waals surface area (Å²) < 4.78 is 0. The number of benzene rings is 1. The Bertz CT molecular complexity index is 539. The molecule has 3 nitrogen and oxygen atoms in total. The first kappa shape index (κ1) is 13.3. The van der Waals surface area contributed by atoms with E-state index in [1.165, 1.54) is 0 Å². The topological polar surface area (TPSA) is 33.2 Å². The quantitative estimate of drug-likeness (QED) is 0.768. The minimum absolute atomic E-state index is 0.0540. The Morgan fingerprint density at radius 3 is 2.58 bits per heavy atom. The number of hydrogen-bond acceptors (Lipinski definition) is 2. The Hall–Kier alpha value is -2.16. The highest BCUT2D eigenvalue weighted by molar-refractivity contribution is 5.49. The normalized spacial score (nSPS) is 11.9. The van der Waals surface area contributed by atoms with Gasteiger partial charge in [0.15, 0.2) is 0 Å². The highest BCUT2D eigenvalue weighted by Crippen LogP contribution is 2.21. The third-order valence-electron chi connectivity index (χ3n) is 3.38. The number of amides is 1. The first-order chi connectivity index (χ1) is 9.22. The van der Waals surface area contributed by atoms with Crippen molar-refractivity contribution in [3.8, 4) is 0 Å². The molecule has 1 heterocycles. The van der Waals surface area contributed by atoms with Gasteiger partial charge >= 0.3 is 0 Å². The molecule has 0 aliphatic carbocycles. The molecule has 0 radical (unpaired) electrons. The highest BCUT2D eigenvalue weighted by Gasteiger charge is 2.14. The highest BCUT2D eigenvalue weighted by atomic mass is 16.1. The van der Waals surface area contributed by atoms with Crippen LogP contribution in [-0.4, -0.2) is 16.3 Å². The van der Waals surface area contributed by atoms with Crippen molar-refractivity contribution in [2.45, 2.75) is 26.4 Å². The molecule has 2 rings (SSSR count). The van der Waals surface area contributed by atoms with Crippen molar-refractivity contribution >= 4 is 6.41 Å². The third-order valence-corrected chi connectivity index (χ3v) is 3.38. The van der Waals surface area contributed by atoms with E-state index in [-0.39, 0.29) is 6.04 Å². The summed E-state index contributed by atoms with van der Waals surface area (Å²) in [6.07, 6.45) is 2.68. The smallest absolute Gasteiger partial charge is 0.210 e. The Labute approximate surface area is 113 Å². The summed E-state index contributed by atoms with van der Waals surface area (Å²) in [5, 5.41) is 0. The van der Waals surface area contributed by atoms with Gasteiger partial charge in [0.1, 0.15) is 0 Å². The average molecular weight is 254 g/mol. The minimum atomic E-state index is 0.0540. The molecule has 0 saturated carbocycles. The van der Waals surface area contributed by atoms with Crippen LogP contribution in [-0.2, 0) is 11.3 Å². The predicted molar refractivity (Wildman–Crippen MR) is 75.4 cm³/mol. The van der Waals surface area contributed by atoms with E-state index < -0.39 is 0 Å². The van der Waals surface area contributed by atoms with Gasteiger partial charge in [-0.25, -0.2) is 0 Å². The van der Waals surface area contributed by atoms with Crippen LogP contribution in [0.2, 0.25) is 0 Å². The lowest BCUT2D eigenvalue weighted by Crippen LogP contribution is -2.25. The van der Waals surface area contributed by atoms with E-state index in [9.17, 15) is 4.79 Å². The summed E-state index contributed by atoms with van der Waals surface area (Å²) >= 11 is 0. The van der Waals surface area contributed by atoms with Gasteiger partial charge in [0, 0.05) is 18.4 Å². The molecular formula is C16H18N2O. The maximum Gasteiger partial charge on any atom is 0.210 e. The van der Waals surface area contributed by atoms with Gasteiger partial charge in [-0.1, -0.05) is 36.4 Å². The van der Waals surface area contributed by atoms with Gasteiger partial charge in [0.05, 0.1) is 6.04 Å². The summed E-state index contributed by atoms with van der Waals surface area (Å²) in [4.78, 5) is 17.4. The Morgan fingerprint density at radius 1 is 1.21 bits per heavy atom. The van der Waals surface area contributed by atoms with E-state index >= 15 is 0 Å². The van der Waals surface area contributed by atoms with Crippen LogP contribution in [0.15, 0.2) is 48.7 Å². The van der Waals surface area contributed by atoms with Crippen molar-refractivity contribution in [2.75, 3.05) is 0 Å². The van der Waals surface area contributed by atoms with Gasteiger partial charge < -0.3 is 4.90 Å². The molecule has 1 amide bonds. The van der Waals surface area contributed by atoms with E-state index in [4.69, 9.17) is 0 Å². The Kier molecular flexibility index (Phi) is 4.29. The summed E-state index contributed by atoms with van der Waals surface area (Å²) in [5.74, 6) is 0. The molecule has 1 aromatic heterocycles. The molecule has 0 bridgehead atoms. The molecule has 1 aromatic carbocycles. The van der Waals surface area contributed by atoms with Crippen molar-refractivity contribution < 1.29 is 4.79 Å². The second-order valence-electron chi connectivity index (χ2n) is 4.61. The van der Waals surface area contributed by atoms with Crippen LogP contribution < -0.4 is 0 Å². The molecule has 0 saturated heterocycles. The van der Waals surface area contributed by atoms with Crippen molar-refractivity contribution in [1.82, 2.24) is 9.88 Å². The molecule has 0 aliphatic heterocycles. The molecule has 19 heavy (non-hydrogen) atoms. The lowest BCUT2D eigenvalue weighted by molar-refractivity contribution is -0.120. The number of hydrogen-bond donors (Lipinski definition) is 0. The first-order valence-corrected chi connectivity index (χ1v) is 6.39. The summed E-state index contributed by atoms with van der Waals surface area (Å²) in [7, 11) is 0. The summed E-state index contributed by atoms with van der Waals surface area (Å²) in [5.41, 5.74) is 3.18. The van der Waals surface area contributed by atoms with Crippen molar-refractivity contribution in [3.05, 3.63) is 65.5 Å². The second kappa shape index (κ2) is 6.14. The van der Waals surface area contributed by atoms with Crippen molar-refractivity contribution in [1.29, 1.82) is 0 Å². The Balaban J connectivity index is 2.17. The number of pyridine rings is 1. The molecule has 0 aliphatic rings. The monoisotopic (exact) mass is 254 g/mol. The molecule has 0 N–H and O–H groups in total. The SMILES string of the molecule is Cc1ncccc1CN(C=O)C(C)c1ccccc1. The molecule has 0 spiro atoms. The molecule has 1 unspecified atom stereocenters. The van der Waals surface area contributed by atoms with Gasteiger partial charge in [-0.05, 0) is 31.0 Å². The molecule has 2 aromatic rings. The molecule has 0 fully saturated rings. The standard InChI is InChI=1S/C16H18N2O/c1-13-16(9-6-10-17-13)11-18(12-19)14(2)15-7-4-3-5-8-15/h3-10,12,14H,11H2,1-2H3. The van der Waals surface area contributed by atoms with Crippen LogP contribution in [0.5, 0.6) is 0 Å². The molecule has 98 valence electrons. The number of nitrogens with zero attached hydrogens (tertiary/aromatic N) is 2. The van der Waals surface area contributed by atoms with Crippen LogP contribution in [0.4, 0.5) is 0 Å². The van der Waals surface area contributed by atoms with Crippen LogP contribution in [0.1, 0.15) is 29.8 Å². The van der Waals surface area contributed by atoms with Crippen LogP contribution in [0, 0.1) is 6.92 Å². The lowest BCUT2D eigenvalue weighted by atomic mass is 10.1.